The highest BCUT2D eigenvalue weighted by Gasteiger charge is 2.12. The lowest BCUT2D eigenvalue weighted by molar-refractivity contribution is -0.118. The van der Waals surface area contributed by atoms with E-state index >= 15 is 0 Å². The molecular weight excluding hydrogens is 398 g/mol. The smallest absolute Gasteiger partial charge is 0.277 e. The molecule has 1 N–H and O–H groups in total. The third kappa shape index (κ3) is 5.86. The van der Waals surface area contributed by atoms with Crippen LogP contribution in [0.2, 0.25) is 0 Å². The van der Waals surface area contributed by atoms with Crippen molar-refractivity contribution in [2.24, 2.45) is 0 Å². The fourth-order valence-electron chi connectivity index (χ4n) is 3.47. The van der Waals surface area contributed by atoms with E-state index in [4.69, 9.17) is 9.15 Å². The number of aromatic nitrogens is 2. The molecule has 0 aliphatic heterocycles. The summed E-state index contributed by atoms with van der Waals surface area (Å²) in [5, 5.41) is 11.3. The Labute approximate surface area is 180 Å². The number of nitrogens with zero attached hydrogens (tertiary/aromatic N) is 2. The zero-order valence-corrected chi connectivity index (χ0v) is 17.6. The fraction of sp³-hybridized carbons (Fsp3) is 0.348. The summed E-state index contributed by atoms with van der Waals surface area (Å²) in [6, 6.07) is 16.3. The van der Waals surface area contributed by atoms with Gasteiger partial charge in [0.1, 0.15) is 5.75 Å². The summed E-state index contributed by atoms with van der Waals surface area (Å²) in [6.07, 6.45) is 5.57. The number of rotatable bonds is 9. The molecule has 3 aromatic rings. The first-order chi connectivity index (χ1) is 14.8. The van der Waals surface area contributed by atoms with Crippen molar-refractivity contribution in [3.8, 4) is 5.75 Å². The summed E-state index contributed by atoms with van der Waals surface area (Å²) < 4.78 is 11.4. The molecule has 0 radical (unpaired) electrons. The summed E-state index contributed by atoms with van der Waals surface area (Å²) >= 11 is 1.23. The molecule has 6 nitrogen and oxygen atoms in total. The number of fused-ring (bicyclic) bond motifs is 1. The van der Waals surface area contributed by atoms with E-state index in [9.17, 15) is 4.79 Å². The van der Waals surface area contributed by atoms with Crippen molar-refractivity contribution < 1.29 is 13.9 Å². The molecule has 156 valence electrons. The maximum absolute atomic E-state index is 12.0. The summed E-state index contributed by atoms with van der Waals surface area (Å²) in [5.74, 6) is 1.41. The van der Waals surface area contributed by atoms with Crippen molar-refractivity contribution in [3.05, 3.63) is 71.1 Å². The van der Waals surface area contributed by atoms with Crippen LogP contribution in [0.4, 0.5) is 0 Å². The number of thioether (sulfide) groups is 1. The Balaban J connectivity index is 1.18. The Kier molecular flexibility index (Phi) is 7.03. The monoisotopic (exact) mass is 423 g/mol. The average Bonchev–Trinajstić information content (AvgIpc) is 3.25. The molecule has 4 rings (SSSR count). The van der Waals surface area contributed by atoms with Gasteiger partial charge in [-0.1, -0.05) is 48.2 Å². The van der Waals surface area contributed by atoms with Gasteiger partial charge >= 0.3 is 0 Å². The Hall–Kier alpha value is -2.80. The largest absolute Gasteiger partial charge is 0.484 e. The van der Waals surface area contributed by atoms with Gasteiger partial charge in [-0.05, 0) is 60.9 Å². The van der Waals surface area contributed by atoms with Gasteiger partial charge in [0.25, 0.3) is 11.1 Å². The lowest BCUT2D eigenvalue weighted by atomic mass is 9.92. The molecule has 1 heterocycles. The maximum atomic E-state index is 12.0. The minimum absolute atomic E-state index is 0.0546. The fourth-order valence-corrected chi connectivity index (χ4v) is 4.08. The number of amides is 1. The molecule has 1 amide bonds. The second-order valence-electron chi connectivity index (χ2n) is 7.26. The van der Waals surface area contributed by atoms with Gasteiger partial charge < -0.3 is 14.5 Å². The zero-order valence-electron chi connectivity index (χ0n) is 16.8. The molecule has 0 spiro atoms. The highest BCUT2D eigenvalue weighted by atomic mass is 32.2. The van der Waals surface area contributed by atoms with Crippen LogP contribution in [0.3, 0.4) is 0 Å². The molecule has 1 aliphatic rings. The number of aryl methyl sites for hydroxylation is 2. The molecular formula is C23H25N3O3S. The molecule has 0 unspecified atom stereocenters. The second-order valence-corrected chi connectivity index (χ2v) is 8.19. The molecule has 0 fully saturated rings. The number of benzene rings is 2. The summed E-state index contributed by atoms with van der Waals surface area (Å²) in [5.41, 5.74) is 4.00. The van der Waals surface area contributed by atoms with Crippen LogP contribution in [0.5, 0.6) is 5.75 Å². The first kappa shape index (κ1) is 20.5. The minimum Gasteiger partial charge on any atom is -0.484 e. The number of hydrogen-bond donors (Lipinski definition) is 1. The first-order valence-electron chi connectivity index (χ1n) is 10.3. The molecule has 2 aromatic carbocycles. The van der Waals surface area contributed by atoms with Crippen LogP contribution in [0, 0.1) is 0 Å². The van der Waals surface area contributed by atoms with E-state index in [1.165, 1.54) is 41.3 Å². The van der Waals surface area contributed by atoms with Gasteiger partial charge in [0, 0.05) is 6.54 Å². The third-order valence-corrected chi connectivity index (χ3v) is 5.85. The normalized spacial score (nSPS) is 12.9. The number of ether oxygens (including phenoxy) is 1. The maximum Gasteiger partial charge on any atom is 0.277 e. The van der Waals surface area contributed by atoms with E-state index < -0.39 is 0 Å². The van der Waals surface area contributed by atoms with Crippen molar-refractivity contribution in [2.75, 3.05) is 12.3 Å². The number of nitrogens with one attached hydrogen (secondary N) is 1. The van der Waals surface area contributed by atoms with Crippen LogP contribution in [-0.4, -0.2) is 28.4 Å². The van der Waals surface area contributed by atoms with E-state index in [-0.39, 0.29) is 18.3 Å². The van der Waals surface area contributed by atoms with Gasteiger partial charge in [0.2, 0.25) is 5.91 Å². The van der Waals surface area contributed by atoms with Crippen LogP contribution in [0.15, 0.2) is 58.2 Å². The van der Waals surface area contributed by atoms with Crippen molar-refractivity contribution in [1.29, 1.82) is 0 Å². The second kappa shape index (κ2) is 10.3. The highest BCUT2D eigenvalue weighted by Crippen LogP contribution is 2.26. The average molecular weight is 424 g/mol. The molecule has 0 bridgehead atoms. The summed E-state index contributed by atoms with van der Waals surface area (Å²) in [7, 11) is 0. The standard InChI is InChI=1S/C23H25N3O3S/c27-21(24-13-12-17-6-2-1-3-7-17)16-30-23-26-25-22(29-23)15-28-20-11-10-18-8-4-5-9-19(18)14-20/h1-3,6-7,10-11,14H,4-5,8-9,12-13,15-16H2,(H,24,27). The number of carbonyl (C=O) groups is 1. The molecule has 7 heteroatoms. The Morgan fingerprint density at radius 3 is 2.77 bits per heavy atom. The highest BCUT2D eigenvalue weighted by molar-refractivity contribution is 7.99. The van der Waals surface area contributed by atoms with Gasteiger partial charge in [-0.2, -0.15) is 0 Å². The topological polar surface area (TPSA) is 77.2 Å². The Bertz CT molecular complexity index is 975. The molecule has 30 heavy (non-hydrogen) atoms. The van der Waals surface area contributed by atoms with Gasteiger partial charge in [-0.3, -0.25) is 4.79 Å². The predicted molar refractivity (Wildman–Crippen MR) is 116 cm³/mol. The van der Waals surface area contributed by atoms with Crippen LogP contribution in [0.1, 0.15) is 35.4 Å². The molecule has 0 saturated carbocycles. The minimum atomic E-state index is -0.0546. The van der Waals surface area contributed by atoms with E-state index in [2.05, 4.69) is 27.6 Å². The molecule has 1 aromatic heterocycles. The van der Waals surface area contributed by atoms with Crippen LogP contribution in [0.25, 0.3) is 0 Å². The van der Waals surface area contributed by atoms with Crippen molar-refractivity contribution in [1.82, 2.24) is 15.5 Å². The van der Waals surface area contributed by atoms with E-state index in [0.29, 0.717) is 17.7 Å². The summed E-state index contributed by atoms with van der Waals surface area (Å²) in [6.45, 7) is 0.822. The molecule has 1 aliphatic carbocycles. The van der Waals surface area contributed by atoms with Crippen LogP contribution < -0.4 is 10.1 Å². The predicted octanol–water partition coefficient (Wildman–Crippen LogP) is 3.98. The van der Waals surface area contributed by atoms with Crippen molar-refractivity contribution >= 4 is 17.7 Å². The van der Waals surface area contributed by atoms with E-state index in [1.54, 1.807) is 0 Å². The lowest BCUT2D eigenvalue weighted by Gasteiger charge is -2.16. The van der Waals surface area contributed by atoms with Gasteiger partial charge in [-0.15, -0.1) is 10.2 Å². The SMILES string of the molecule is O=C(CSc1nnc(COc2ccc3c(c2)CCCC3)o1)NCCc1ccccc1. The molecule has 0 atom stereocenters. The van der Waals surface area contributed by atoms with Gasteiger partial charge in [0.15, 0.2) is 6.61 Å². The molecule has 0 saturated heterocycles. The van der Waals surface area contributed by atoms with Crippen LogP contribution in [-0.2, 0) is 30.7 Å². The first-order valence-corrected chi connectivity index (χ1v) is 11.3. The number of hydrogen-bond acceptors (Lipinski definition) is 6. The Morgan fingerprint density at radius 1 is 1.07 bits per heavy atom. The van der Waals surface area contributed by atoms with Crippen molar-refractivity contribution in [3.63, 3.8) is 0 Å². The van der Waals surface area contributed by atoms with Crippen LogP contribution >= 0.6 is 11.8 Å². The van der Waals surface area contributed by atoms with Crippen molar-refractivity contribution in [2.45, 2.75) is 43.9 Å². The zero-order chi connectivity index (χ0) is 20.6. The van der Waals surface area contributed by atoms with Gasteiger partial charge in [-0.25, -0.2) is 0 Å². The lowest BCUT2D eigenvalue weighted by Crippen LogP contribution is -2.27. The quantitative estimate of drug-likeness (QED) is 0.525. The van der Waals surface area contributed by atoms with E-state index in [1.807, 2.05) is 36.4 Å². The number of carbonyl (C=O) groups excluding carboxylic acids is 1. The summed E-state index contributed by atoms with van der Waals surface area (Å²) in [4.78, 5) is 12.0. The Morgan fingerprint density at radius 2 is 1.90 bits per heavy atom. The van der Waals surface area contributed by atoms with Gasteiger partial charge in [0.05, 0.1) is 5.75 Å². The third-order valence-electron chi connectivity index (χ3n) is 5.04. The van der Waals surface area contributed by atoms with E-state index in [0.717, 1.165) is 25.0 Å².